The first-order valence-corrected chi connectivity index (χ1v) is 8.75. The zero-order valence-corrected chi connectivity index (χ0v) is 13.9. The molecule has 0 aliphatic carbocycles. The van der Waals surface area contributed by atoms with Crippen molar-refractivity contribution in [3.05, 3.63) is 40.9 Å². The summed E-state index contributed by atoms with van der Waals surface area (Å²) in [5.41, 5.74) is 3.23. The van der Waals surface area contributed by atoms with Crippen molar-refractivity contribution in [2.75, 3.05) is 32.7 Å². The van der Waals surface area contributed by atoms with Crippen LogP contribution in [0.4, 0.5) is 0 Å². The van der Waals surface area contributed by atoms with E-state index in [1.807, 2.05) is 5.38 Å². The van der Waals surface area contributed by atoms with Crippen LogP contribution in [0.15, 0.2) is 29.6 Å². The lowest BCUT2D eigenvalue weighted by Gasteiger charge is -2.34. The number of piperazine rings is 1. The molecule has 1 aromatic carbocycles. The van der Waals surface area contributed by atoms with Gasteiger partial charge in [0.05, 0.1) is 12.3 Å². The first-order valence-electron chi connectivity index (χ1n) is 7.87. The van der Waals surface area contributed by atoms with Crippen LogP contribution in [0, 0.1) is 0 Å². The van der Waals surface area contributed by atoms with Crippen LogP contribution in [0.5, 0.6) is 0 Å². The molecule has 0 radical (unpaired) electrons. The van der Waals surface area contributed by atoms with Crippen molar-refractivity contribution in [2.24, 2.45) is 0 Å². The van der Waals surface area contributed by atoms with Crippen molar-refractivity contribution in [2.45, 2.75) is 20.1 Å². The molecule has 3 rings (SSSR count). The Hall–Kier alpha value is -1.27. The van der Waals surface area contributed by atoms with Crippen LogP contribution in [0.25, 0.3) is 10.6 Å². The molecule has 118 valence electrons. The fourth-order valence-corrected chi connectivity index (χ4v) is 3.60. The molecule has 22 heavy (non-hydrogen) atoms. The fourth-order valence-electron chi connectivity index (χ4n) is 2.79. The Morgan fingerprint density at radius 1 is 1.09 bits per heavy atom. The Balaban J connectivity index is 1.60. The van der Waals surface area contributed by atoms with Gasteiger partial charge in [-0.3, -0.25) is 4.90 Å². The number of aliphatic hydroxyl groups excluding tert-OH is 1. The summed E-state index contributed by atoms with van der Waals surface area (Å²) >= 11 is 1.58. The second kappa shape index (κ2) is 7.33. The number of thiazole rings is 1. The summed E-state index contributed by atoms with van der Waals surface area (Å²) in [6.45, 7) is 9.09. The molecule has 4 nitrogen and oxygen atoms in total. The van der Waals surface area contributed by atoms with Crippen molar-refractivity contribution in [3.63, 3.8) is 0 Å². The van der Waals surface area contributed by atoms with E-state index in [0.717, 1.165) is 42.4 Å². The highest BCUT2D eigenvalue weighted by molar-refractivity contribution is 7.13. The average Bonchev–Trinajstić information content (AvgIpc) is 3.05. The number of aliphatic hydroxyl groups is 1. The number of likely N-dealkylation sites (N-methyl/N-ethyl adjacent to an activating group) is 1. The Labute approximate surface area is 136 Å². The highest BCUT2D eigenvalue weighted by Gasteiger charge is 2.15. The van der Waals surface area contributed by atoms with Gasteiger partial charge in [0.15, 0.2) is 0 Å². The van der Waals surface area contributed by atoms with Crippen LogP contribution in [0.1, 0.15) is 18.2 Å². The van der Waals surface area contributed by atoms with Crippen molar-refractivity contribution in [1.29, 1.82) is 0 Å². The standard InChI is InChI=1S/C17H23N3OS/c1-2-19-7-9-20(10-8-19)11-14-3-5-15(6-4-14)17-18-16(12-21)13-22-17/h3-6,13,21H,2,7-12H2,1H3. The van der Waals surface area contributed by atoms with E-state index >= 15 is 0 Å². The summed E-state index contributed by atoms with van der Waals surface area (Å²) in [7, 11) is 0. The van der Waals surface area contributed by atoms with Crippen LogP contribution in [-0.2, 0) is 13.2 Å². The fraction of sp³-hybridized carbons (Fsp3) is 0.471. The molecule has 5 heteroatoms. The monoisotopic (exact) mass is 317 g/mol. The van der Waals surface area contributed by atoms with Gasteiger partial charge in [-0.25, -0.2) is 4.98 Å². The summed E-state index contributed by atoms with van der Waals surface area (Å²) in [6.07, 6.45) is 0. The SMILES string of the molecule is CCN1CCN(Cc2ccc(-c3nc(CO)cs3)cc2)CC1. The first kappa shape index (κ1) is 15.6. The predicted molar refractivity (Wildman–Crippen MR) is 90.9 cm³/mol. The number of nitrogens with zero attached hydrogens (tertiary/aromatic N) is 3. The summed E-state index contributed by atoms with van der Waals surface area (Å²) in [6, 6.07) is 8.67. The number of benzene rings is 1. The second-order valence-corrected chi connectivity index (χ2v) is 6.57. The maximum absolute atomic E-state index is 9.10. The zero-order valence-electron chi connectivity index (χ0n) is 13.0. The van der Waals surface area contributed by atoms with Gasteiger partial charge in [-0.05, 0) is 12.1 Å². The number of rotatable bonds is 5. The minimum absolute atomic E-state index is 0.0122. The van der Waals surface area contributed by atoms with Crippen molar-refractivity contribution in [1.82, 2.24) is 14.8 Å². The van der Waals surface area contributed by atoms with Crippen molar-refractivity contribution in [3.8, 4) is 10.6 Å². The minimum Gasteiger partial charge on any atom is -0.390 e. The lowest BCUT2D eigenvalue weighted by atomic mass is 10.1. The van der Waals surface area contributed by atoms with Gasteiger partial charge in [0, 0.05) is 43.7 Å². The molecule has 1 aromatic heterocycles. The Kier molecular flexibility index (Phi) is 5.20. The lowest BCUT2D eigenvalue weighted by Crippen LogP contribution is -2.45. The largest absolute Gasteiger partial charge is 0.390 e. The van der Waals surface area contributed by atoms with Crippen LogP contribution in [0.2, 0.25) is 0 Å². The molecule has 1 aliphatic rings. The molecular weight excluding hydrogens is 294 g/mol. The second-order valence-electron chi connectivity index (χ2n) is 5.71. The lowest BCUT2D eigenvalue weighted by molar-refractivity contribution is 0.132. The number of hydrogen-bond acceptors (Lipinski definition) is 5. The van der Waals surface area contributed by atoms with Gasteiger partial charge in [0.1, 0.15) is 5.01 Å². The van der Waals surface area contributed by atoms with Gasteiger partial charge >= 0.3 is 0 Å². The van der Waals surface area contributed by atoms with E-state index in [2.05, 4.69) is 46.0 Å². The molecule has 0 bridgehead atoms. The van der Waals surface area contributed by atoms with E-state index in [1.54, 1.807) is 11.3 Å². The molecule has 1 fully saturated rings. The smallest absolute Gasteiger partial charge is 0.123 e. The molecule has 0 atom stereocenters. The van der Waals surface area contributed by atoms with Gasteiger partial charge in [0.25, 0.3) is 0 Å². The molecule has 0 amide bonds. The molecule has 0 saturated carbocycles. The highest BCUT2D eigenvalue weighted by atomic mass is 32.1. The molecule has 2 aromatic rings. The summed E-state index contributed by atoms with van der Waals surface area (Å²) in [5, 5.41) is 12.0. The molecule has 1 N–H and O–H groups in total. The maximum atomic E-state index is 9.10. The van der Waals surface area contributed by atoms with Gasteiger partial charge in [-0.2, -0.15) is 0 Å². The van der Waals surface area contributed by atoms with E-state index in [1.165, 1.54) is 18.7 Å². The van der Waals surface area contributed by atoms with E-state index in [0.29, 0.717) is 0 Å². The van der Waals surface area contributed by atoms with Gasteiger partial charge in [-0.1, -0.05) is 31.2 Å². The van der Waals surface area contributed by atoms with Crippen LogP contribution in [0.3, 0.4) is 0 Å². The van der Waals surface area contributed by atoms with E-state index in [9.17, 15) is 0 Å². The van der Waals surface area contributed by atoms with E-state index in [4.69, 9.17) is 5.11 Å². The van der Waals surface area contributed by atoms with E-state index < -0.39 is 0 Å². The van der Waals surface area contributed by atoms with E-state index in [-0.39, 0.29) is 6.61 Å². The molecule has 1 saturated heterocycles. The molecular formula is C17H23N3OS. The quantitative estimate of drug-likeness (QED) is 0.919. The van der Waals surface area contributed by atoms with Crippen LogP contribution in [-0.4, -0.2) is 52.6 Å². The van der Waals surface area contributed by atoms with Gasteiger partial charge < -0.3 is 10.0 Å². The summed E-state index contributed by atoms with van der Waals surface area (Å²) in [5.74, 6) is 0. The van der Waals surface area contributed by atoms with Crippen LogP contribution >= 0.6 is 11.3 Å². The van der Waals surface area contributed by atoms with Crippen LogP contribution < -0.4 is 0 Å². The third-order valence-corrected chi connectivity index (χ3v) is 5.17. The minimum atomic E-state index is 0.0122. The number of hydrogen-bond donors (Lipinski definition) is 1. The third kappa shape index (κ3) is 3.73. The van der Waals surface area contributed by atoms with Crippen molar-refractivity contribution >= 4 is 11.3 Å². The van der Waals surface area contributed by atoms with Gasteiger partial charge in [-0.15, -0.1) is 11.3 Å². The molecule has 0 unspecified atom stereocenters. The summed E-state index contributed by atoms with van der Waals surface area (Å²) < 4.78 is 0. The number of aromatic nitrogens is 1. The normalized spacial score (nSPS) is 17.0. The van der Waals surface area contributed by atoms with Crippen molar-refractivity contribution < 1.29 is 5.11 Å². The molecule has 0 spiro atoms. The molecule has 2 heterocycles. The summed E-state index contributed by atoms with van der Waals surface area (Å²) in [4.78, 5) is 9.44. The highest BCUT2D eigenvalue weighted by Crippen LogP contribution is 2.24. The first-order chi connectivity index (χ1) is 10.8. The maximum Gasteiger partial charge on any atom is 0.123 e. The Morgan fingerprint density at radius 3 is 2.36 bits per heavy atom. The molecule has 1 aliphatic heterocycles. The predicted octanol–water partition coefficient (Wildman–Crippen LogP) is 2.44. The average molecular weight is 317 g/mol. The van der Waals surface area contributed by atoms with Gasteiger partial charge in [0.2, 0.25) is 0 Å². The topological polar surface area (TPSA) is 39.6 Å². The third-order valence-electron chi connectivity index (χ3n) is 4.23. The Morgan fingerprint density at radius 2 is 1.77 bits per heavy atom. The zero-order chi connectivity index (χ0) is 15.4. The Bertz CT molecular complexity index is 588.